The summed E-state index contributed by atoms with van der Waals surface area (Å²) >= 11 is 0. The van der Waals surface area contributed by atoms with Crippen molar-refractivity contribution in [3.05, 3.63) is 40.2 Å². The van der Waals surface area contributed by atoms with Gasteiger partial charge in [0, 0.05) is 31.9 Å². The lowest BCUT2D eigenvalue weighted by molar-refractivity contribution is 0.611. The molecule has 0 saturated carbocycles. The van der Waals surface area contributed by atoms with Crippen LogP contribution in [0.15, 0.2) is 23.3 Å². The van der Waals surface area contributed by atoms with Crippen LogP contribution in [0.2, 0.25) is 0 Å². The third-order valence-corrected chi connectivity index (χ3v) is 2.47. The van der Waals surface area contributed by atoms with Crippen molar-refractivity contribution in [2.24, 2.45) is 7.05 Å². The summed E-state index contributed by atoms with van der Waals surface area (Å²) in [5, 5.41) is 6.81. The van der Waals surface area contributed by atoms with E-state index in [0.29, 0.717) is 5.82 Å². The van der Waals surface area contributed by atoms with Gasteiger partial charge in [-0.1, -0.05) is 0 Å². The summed E-state index contributed by atoms with van der Waals surface area (Å²) in [5.74, 6) is -0.0486. The van der Waals surface area contributed by atoms with E-state index in [1.54, 1.807) is 25.0 Å². The average molecular weight is 236 g/mol. The van der Waals surface area contributed by atoms with E-state index in [2.05, 4.69) is 10.4 Å². The van der Waals surface area contributed by atoms with Crippen LogP contribution in [0.3, 0.4) is 0 Å². The van der Waals surface area contributed by atoms with E-state index in [1.165, 1.54) is 4.57 Å². The molecule has 90 valence electrons. The molecule has 0 unspecified atom stereocenters. The van der Waals surface area contributed by atoms with Crippen LogP contribution in [-0.4, -0.2) is 21.4 Å². The van der Waals surface area contributed by atoms with Crippen LogP contribution in [0.5, 0.6) is 0 Å². The standard InChI is InChI=1S/C11H13FN4O/c1-7-5-15(3)14-10(7)16-6-8(12)4-9(13-2)11(16)17/h4-6,13H,1-3H3. The van der Waals surface area contributed by atoms with Crippen LogP contribution in [0, 0.1) is 12.7 Å². The van der Waals surface area contributed by atoms with Crippen molar-refractivity contribution in [1.29, 1.82) is 0 Å². The number of hydrogen-bond acceptors (Lipinski definition) is 3. The largest absolute Gasteiger partial charge is 0.384 e. The highest BCUT2D eigenvalue weighted by molar-refractivity contribution is 5.43. The number of nitrogens with one attached hydrogen (secondary N) is 1. The summed E-state index contributed by atoms with van der Waals surface area (Å²) in [4.78, 5) is 12.0. The number of aryl methyl sites for hydroxylation is 2. The van der Waals surface area contributed by atoms with E-state index in [4.69, 9.17) is 0 Å². The van der Waals surface area contributed by atoms with Gasteiger partial charge >= 0.3 is 0 Å². The number of nitrogens with zero attached hydrogens (tertiary/aromatic N) is 3. The minimum absolute atomic E-state index is 0.204. The summed E-state index contributed by atoms with van der Waals surface area (Å²) in [5.41, 5.74) is 0.688. The molecular weight excluding hydrogens is 223 g/mol. The number of rotatable bonds is 2. The molecule has 2 aromatic rings. The molecule has 0 radical (unpaired) electrons. The number of hydrogen-bond donors (Lipinski definition) is 1. The highest BCUT2D eigenvalue weighted by atomic mass is 19.1. The van der Waals surface area contributed by atoms with Gasteiger partial charge in [0.25, 0.3) is 5.56 Å². The summed E-state index contributed by atoms with van der Waals surface area (Å²) < 4.78 is 16.2. The van der Waals surface area contributed by atoms with Crippen molar-refractivity contribution in [3.8, 4) is 5.82 Å². The predicted molar refractivity (Wildman–Crippen MR) is 63.0 cm³/mol. The highest BCUT2D eigenvalue weighted by Gasteiger charge is 2.11. The van der Waals surface area contributed by atoms with E-state index in [1.807, 2.05) is 6.92 Å². The van der Waals surface area contributed by atoms with E-state index in [9.17, 15) is 9.18 Å². The molecule has 0 fully saturated rings. The lowest BCUT2D eigenvalue weighted by Crippen LogP contribution is -2.22. The third kappa shape index (κ3) is 1.93. The van der Waals surface area contributed by atoms with Gasteiger partial charge in [-0.25, -0.2) is 4.39 Å². The fraction of sp³-hybridized carbons (Fsp3) is 0.273. The first-order valence-corrected chi connectivity index (χ1v) is 5.13. The summed E-state index contributed by atoms with van der Waals surface area (Å²) in [6.45, 7) is 1.82. The Morgan fingerprint density at radius 2 is 2.12 bits per heavy atom. The average Bonchev–Trinajstić information content (AvgIpc) is 2.60. The molecule has 1 N–H and O–H groups in total. The Bertz CT molecular complexity index is 614. The van der Waals surface area contributed by atoms with Gasteiger partial charge in [0.15, 0.2) is 5.82 Å². The number of aromatic nitrogens is 3. The van der Waals surface area contributed by atoms with Crippen LogP contribution in [-0.2, 0) is 7.05 Å². The topological polar surface area (TPSA) is 51.9 Å². The Morgan fingerprint density at radius 3 is 2.65 bits per heavy atom. The normalized spacial score (nSPS) is 10.6. The Kier molecular flexibility index (Phi) is 2.71. The molecule has 0 aliphatic carbocycles. The van der Waals surface area contributed by atoms with Crippen LogP contribution >= 0.6 is 0 Å². The molecule has 2 heterocycles. The second-order valence-electron chi connectivity index (χ2n) is 3.81. The zero-order valence-electron chi connectivity index (χ0n) is 9.86. The maximum Gasteiger partial charge on any atom is 0.279 e. The third-order valence-electron chi connectivity index (χ3n) is 2.47. The molecule has 2 rings (SSSR count). The van der Waals surface area contributed by atoms with E-state index in [0.717, 1.165) is 17.8 Å². The number of anilines is 1. The molecule has 0 aromatic carbocycles. The first-order valence-electron chi connectivity index (χ1n) is 5.13. The van der Waals surface area contributed by atoms with Crippen molar-refractivity contribution >= 4 is 5.69 Å². The Balaban J connectivity index is 2.71. The van der Waals surface area contributed by atoms with Gasteiger partial charge in [-0.05, 0) is 6.92 Å². The molecule has 0 saturated heterocycles. The van der Waals surface area contributed by atoms with Crippen LogP contribution in [0.4, 0.5) is 10.1 Å². The number of pyridine rings is 1. The minimum Gasteiger partial charge on any atom is -0.384 e. The van der Waals surface area contributed by atoms with Crippen LogP contribution in [0.25, 0.3) is 5.82 Å². The molecule has 0 aliphatic rings. The fourth-order valence-electron chi connectivity index (χ4n) is 1.72. The number of halogens is 1. The van der Waals surface area contributed by atoms with Gasteiger partial charge in [0.1, 0.15) is 11.5 Å². The zero-order chi connectivity index (χ0) is 12.6. The smallest absolute Gasteiger partial charge is 0.279 e. The second-order valence-corrected chi connectivity index (χ2v) is 3.81. The quantitative estimate of drug-likeness (QED) is 0.848. The van der Waals surface area contributed by atoms with Crippen molar-refractivity contribution in [3.63, 3.8) is 0 Å². The summed E-state index contributed by atoms with van der Waals surface area (Å²) in [6, 6.07) is 1.16. The van der Waals surface area contributed by atoms with Gasteiger partial charge in [-0.3, -0.25) is 14.0 Å². The molecule has 17 heavy (non-hydrogen) atoms. The highest BCUT2D eigenvalue weighted by Crippen LogP contribution is 2.11. The van der Waals surface area contributed by atoms with E-state index < -0.39 is 5.82 Å². The van der Waals surface area contributed by atoms with Gasteiger partial charge in [0.2, 0.25) is 0 Å². The molecule has 2 aromatic heterocycles. The van der Waals surface area contributed by atoms with Gasteiger partial charge in [0.05, 0.1) is 6.20 Å². The minimum atomic E-state index is -0.487. The zero-order valence-corrected chi connectivity index (χ0v) is 9.86. The molecule has 6 heteroatoms. The SMILES string of the molecule is CNc1cc(F)cn(-c2nn(C)cc2C)c1=O. The molecule has 0 aliphatic heterocycles. The lowest BCUT2D eigenvalue weighted by atomic mass is 10.3. The molecule has 0 atom stereocenters. The fourth-order valence-corrected chi connectivity index (χ4v) is 1.72. The Morgan fingerprint density at radius 1 is 1.41 bits per heavy atom. The molecule has 0 bridgehead atoms. The predicted octanol–water partition coefficient (Wildman–Crippen LogP) is 1.06. The first-order chi connectivity index (χ1) is 8.02. The van der Waals surface area contributed by atoms with Crippen molar-refractivity contribution in [1.82, 2.24) is 14.3 Å². The van der Waals surface area contributed by atoms with E-state index in [-0.39, 0.29) is 11.2 Å². The Labute approximate surface area is 97.5 Å². The molecule has 0 amide bonds. The molecular formula is C11H13FN4O. The lowest BCUT2D eigenvalue weighted by Gasteiger charge is -2.06. The van der Waals surface area contributed by atoms with Gasteiger partial charge in [-0.15, -0.1) is 0 Å². The molecule has 5 nitrogen and oxygen atoms in total. The maximum atomic E-state index is 13.4. The maximum absolute atomic E-state index is 13.4. The van der Waals surface area contributed by atoms with Crippen LogP contribution < -0.4 is 10.9 Å². The second kappa shape index (κ2) is 4.04. The Hall–Kier alpha value is -2.11. The van der Waals surface area contributed by atoms with Crippen molar-refractivity contribution < 1.29 is 4.39 Å². The monoisotopic (exact) mass is 236 g/mol. The van der Waals surface area contributed by atoms with E-state index >= 15 is 0 Å². The molecule has 0 spiro atoms. The van der Waals surface area contributed by atoms with Crippen LogP contribution in [0.1, 0.15) is 5.56 Å². The summed E-state index contributed by atoms with van der Waals surface area (Å²) in [6.07, 6.45) is 2.91. The first kappa shape index (κ1) is 11.4. The van der Waals surface area contributed by atoms with Crippen molar-refractivity contribution in [2.45, 2.75) is 6.92 Å². The van der Waals surface area contributed by atoms with Gasteiger partial charge < -0.3 is 5.32 Å². The summed E-state index contributed by atoms with van der Waals surface area (Å²) in [7, 11) is 3.33. The van der Waals surface area contributed by atoms with Gasteiger partial charge in [-0.2, -0.15) is 5.10 Å². The van der Waals surface area contributed by atoms with Crippen molar-refractivity contribution in [2.75, 3.05) is 12.4 Å².